The number of rotatable bonds is 5. The molecule has 2 aliphatic heterocycles. The molecule has 2 amide bonds. The third-order valence-electron chi connectivity index (χ3n) is 7.23. The van der Waals surface area contributed by atoms with Gasteiger partial charge in [0, 0.05) is 32.2 Å². The molecule has 0 radical (unpaired) electrons. The molecule has 2 aromatic carbocycles. The van der Waals surface area contributed by atoms with E-state index in [0.717, 1.165) is 0 Å². The van der Waals surface area contributed by atoms with Crippen LogP contribution in [0.5, 0.6) is 11.5 Å². The molecule has 13 nitrogen and oxygen atoms in total. The van der Waals surface area contributed by atoms with Crippen LogP contribution in [0.15, 0.2) is 39.2 Å². The fourth-order valence-electron chi connectivity index (χ4n) is 4.77. The summed E-state index contributed by atoms with van der Waals surface area (Å²) in [6, 6.07) is 7.60. The first-order valence-electron chi connectivity index (χ1n) is 13.7. The second-order valence-corrected chi connectivity index (χ2v) is 10.0. The van der Waals surface area contributed by atoms with Crippen LogP contribution in [0, 0.1) is 0 Å². The number of carbonyl (C=O) groups excluding carboxylic acids is 3. The van der Waals surface area contributed by atoms with Crippen molar-refractivity contribution in [2.75, 3.05) is 52.6 Å². The van der Waals surface area contributed by atoms with Gasteiger partial charge < -0.3 is 38.3 Å². The van der Waals surface area contributed by atoms with E-state index >= 15 is 0 Å². The number of aldehydes is 1. The minimum atomic E-state index is -0.563. The number of ether oxygens (including phenoxy) is 2. The van der Waals surface area contributed by atoms with Crippen molar-refractivity contribution in [2.24, 2.45) is 0 Å². The Morgan fingerprint density at radius 2 is 1.33 bits per heavy atom. The quantitative estimate of drug-likeness (QED) is 0.324. The molecular formula is C30H36N4O9. The smallest absolute Gasteiger partial charge is 0.234 e. The standard InChI is InChI=1S/C15H16N2O5.C14H16N2O4.CH4/c1-9(15(20)17-4-6-21-7-5-17)14-16-13-10(8-18)11(19)2-3-12(13)22-14;1-9(14(18)16-4-6-19-7-5-16)13-15-11-8-10(17)2-3-12(11)20-13;/h2-3,8-9,19H,4-7H2,1H3;2-3,8-9,17H,4-7H2,1H3;1H4. The van der Waals surface area contributed by atoms with Gasteiger partial charge in [0.15, 0.2) is 17.5 Å². The fraction of sp³-hybridized carbons (Fsp3) is 0.433. The van der Waals surface area contributed by atoms with E-state index in [2.05, 4.69) is 9.97 Å². The Bertz CT molecular complexity index is 1590. The van der Waals surface area contributed by atoms with Crippen molar-refractivity contribution < 1.29 is 42.9 Å². The number of nitrogens with zero attached hydrogens (tertiary/aromatic N) is 4. The zero-order valence-electron chi connectivity index (χ0n) is 23.3. The van der Waals surface area contributed by atoms with Crippen LogP contribution in [-0.4, -0.2) is 101 Å². The van der Waals surface area contributed by atoms with Gasteiger partial charge in [-0.1, -0.05) is 7.43 Å². The largest absolute Gasteiger partial charge is 0.508 e. The Morgan fingerprint density at radius 1 is 0.814 bits per heavy atom. The Kier molecular flexibility index (Phi) is 9.99. The molecule has 0 bridgehead atoms. The number of oxazole rings is 2. The molecule has 0 spiro atoms. The van der Waals surface area contributed by atoms with Crippen LogP contribution in [-0.2, 0) is 19.1 Å². The van der Waals surface area contributed by atoms with Crippen molar-refractivity contribution in [1.29, 1.82) is 0 Å². The van der Waals surface area contributed by atoms with E-state index in [0.29, 0.717) is 81.5 Å². The van der Waals surface area contributed by atoms with Crippen LogP contribution >= 0.6 is 0 Å². The Balaban J connectivity index is 0.000000193. The Hall–Kier alpha value is -4.49. The van der Waals surface area contributed by atoms with E-state index in [4.69, 9.17) is 18.3 Å². The van der Waals surface area contributed by atoms with E-state index < -0.39 is 11.8 Å². The van der Waals surface area contributed by atoms with Crippen molar-refractivity contribution >= 4 is 40.3 Å². The lowest BCUT2D eigenvalue weighted by Crippen LogP contribution is -2.42. The molecule has 6 rings (SSSR count). The van der Waals surface area contributed by atoms with Gasteiger partial charge >= 0.3 is 0 Å². The van der Waals surface area contributed by atoms with Gasteiger partial charge in [0.25, 0.3) is 0 Å². The average Bonchev–Trinajstić information content (AvgIpc) is 3.65. The monoisotopic (exact) mass is 596 g/mol. The molecule has 13 heteroatoms. The number of phenolic OH excluding ortho intramolecular Hbond substituents is 2. The molecule has 2 aromatic heterocycles. The molecule has 0 aliphatic carbocycles. The summed E-state index contributed by atoms with van der Waals surface area (Å²) in [4.78, 5) is 47.9. The number of amides is 2. The van der Waals surface area contributed by atoms with Crippen molar-refractivity contribution in [3.8, 4) is 11.5 Å². The summed E-state index contributed by atoms with van der Waals surface area (Å²) in [5, 5.41) is 19.1. The zero-order chi connectivity index (χ0) is 29.8. The van der Waals surface area contributed by atoms with Crippen LogP contribution in [0.25, 0.3) is 22.2 Å². The highest BCUT2D eigenvalue weighted by atomic mass is 16.5. The second-order valence-electron chi connectivity index (χ2n) is 10.0. The number of aromatic nitrogens is 2. The lowest BCUT2D eigenvalue weighted by atomic mass is 10.1. The lowest BCUT2D eigenvalue weighted by molar-refractivity contribution is -0.137. The summed E-state index contributed by atoms with van der Waals surface area (Å²) in [7, 11) is 0. The van der Waals surface area contributed by atoms with Crippen molar-refractivity contribution in [1.82, 2.24) is 19.8 Å². The molecule has 0 saturated carbocycles. The molecule has 230 valence electrons. The normalized spacial score (nSPS) is 16.6. The van der Waals surface area contributed by atoms with E-state index in [-0.39, 0.29) is 47.7 Å². The maximum Gasteiger partial charge on any atom is 0.234 e. The molecule has 2 N–H and O–H groups in total. The van der Waals surface area contributed by atoms with Crippen LogP contribution in [0.1, 0.15) is 55.2 Å². The summed E-state index contributed by atoms with van der Waals surface area (Å²) in [6.07, 6.45) is 0.526. The van der Waals surface area contributed by atoms with E-state index in [1.165, 1.54) is 24.3 Å². The summed E-state index contributed by atoms with van der Waals surface area (Å²) >= 11 is 0. The molecular weight excluding hydrogens is 560 g/mol. The highest BCUT2D eigenvalue weighted by Crippen LogP contribution is 2.29. The molecule has 4 heterocycles. The van der Waals surface area contributed by atoms with Crippen molar-refractivity contribution in [2.45, 2.75) is 33.1 Å². The SMILES string of the molecule is C.CC(C(=O)N1CCOCC1)c1nc2c(C=O)c(O)ccc2o1.CC(C(=O)N1CCOCC1)c1nc2cc(O)ccc2o1. The van der Waals surface area contributed by atoms with E-state index in [9.17, 15) is 24.6 Å². The van der Waals surface area contributed by atoms with E-state index in [1.807, 2.05) is 0 Å². The van der Waals surface area contributed by atoms with Crippen LogP contribution in [0.4, 0.5) is 0 Å². The molecule has 2 aliphatic rings. The summed E-state index contributed by atoms with van der Waals surface area (Å²) in [6.45, 7) is 7.97. The summed E-state index contributed by atoms with van der Waals surface area (Å²) in [5.41, 5.74) is 1.84. The Labute approximate surface area is 248 Å². The van der Waals surface area contributed by atoms with Crippen LogP contribution in [0.2, 0.25) is 0 Å². The Morgan fingerprint density at radius 3 is 1.88 bits per heavy atom. The fourth-order valence-corrected chi connectivity index (χ4v) is 4.77. The minimum absolute atomic E-state index is 0. The van der Waals surface area contributed by atoms with Gasteiger partial charge in [0.2, 0.25) is 23.6 Å². The van der Waals surface area contributed by atoms with Crippen LogP contribution < -0.4 is 0 Å². The van der Waals surface area contributed by atoms with Gasteiger partial charge in [-0.15, -0.1) is 0 Å². The number of benzene rings is 2. The average molecular weight is 597 g/mol. The topological polar surface area (TPSA) is 169 Å². The first-order valence-corrected chi connectivity index (χ1v) is 13.7. The number of hydrogen-bond donors (Lipinski definition) is 2. The first kappa shape index (κ1) is 31.4. The lowest BCUT2D eigenvalue weighted by Gasteiger charge is -2.28. The maximum atomic E-state index is 12.4. The highest BCUT2D eigenvalue weighted by molar-refractivity contribution is 5.96. The van der Waals surface area contributed by atoms with E-state index in [1.54, 1.807) is 29.7 Å². The molecule has 2 fully saturated rings. The zero-order valence-corrected chi connectivity index (χ0v) is 23.3. The number of aromatic hydroxyl groups is 2. The van der Waals surface area contributed by atoms with Gasteiger partial charge in [-0.05, 0) is 38.1 Å². The number of fused-ring (bicyclic) bond motifs is 2. The summed E-state index contributed by atoms with van der Waals surface area (Å²) < 4.78 is 21.6. The minimum Gasteiger partial charge on any atom is -0.508 e. The van der Waals surface area contributed by atoms with Gasteiger partial charge in [-0.25, -0.2) is 9.97 Å². The molecule has 2 saturated heterocycles. The third-order valence-corrected chi connectivity index (χ3v) is 7.23. The van der Waals surface area contributed by atoms with Gasteiger partial charge in [-0.3, -0.25) is 14.4 Å². The van der Waals surface area contributed by atoms with Crippen molar-refractivity contribution in [3.05, 3.63) is 47.7 Å². The predicted molar refractivity (Wildman–Crippen MR) is 155 cm³/mol. The molecule has 4 aromatic rings. The first-order chi connectivity index (χ1) is 20.3. The molecule has 2 unspecified atom stereocenters. The second kappa shape index (κ2) is 13.7. The van der Waals surface area contributed by atoms with Gasteiger partial charge in [0.05, 0.1) is 32.0 Å². The number of hydrogen-bond acceptors (Lipinski definition) is 11. The maximum absolute atomic E-state index is 12.4. The summed E-state index contributed by atoms with van der Waals surface area (Å²) in [5.74, 6) is -0.521. The number of phenols is 2. The van der Waals surface area contributed by atoms with Gasteiger partial charge in [-0.2, -0.15) is 0 Å². The van der Waals surface area contributed by atoms with Gasteiger partial charge in [0.1, 0.15) is 34.4 Å². The predicted octanol–water partition coefficient (Wildman–Crippen LogP) is 3.44. The molecule has 2 atom stereocenters. The number of carbonyl (C=O) groups is 3. The number of morpholine rings is 2. The highest BCUT2D eigenvalue weighted by Gasteiger charge is 2.29. The third kappa shape index (κ3) is 6.78. The van der Waals surface area contributed by atoms with Crippen molar-refractivity contribution in [3.63, 3.8) is 0 Å². The molecule has 43 heavy (non-hydrogen) atoms. The van der Waals surface area contributed by atoms with Crippen LogP contribution in [0.3, 0.4) is 0 Å².